The molecule has 0 bridgehead atoms. The standard InChI is InChI=1S/C13H14BrN3O3/c1-2-11-15-12(16-20-11)8-4-3-7-17(8)13(18)9-5-6-10(14)19-9/h5-6,8H,2-4,7H2,1H3/t8-/m1/s1. The van der Waals surface area contributed by atoms with Crippen molar-refractivity contribution in [3.63, 3.8) is 0 Å². The number of furan rings is 1. The first-order valence-corrected chi connectivity index (χ1v) is 7.37. The van der Waals surface area contributed by atoms with Crippen LogP contribution in [-0.4, -0.2) is 27.5 Å². The van der Waals surface area contributed by atoms with Crippen molar-refractivity contribution in [3.8, 4) is 0 Å². The molecule has 1 aliphatic heterocycles. The number of likely N-dealkylation sites (tertiary alicyclic amines) is 1. The highest BCUT2D eigenvalue weighted by molar-refractivity contribution is 9.10. The van der Waals surface area contributed by atoms with Crippen molar-refractivity contribution in [2.75, 3.05) is 6.54 Å². The average molecular weight is 340 g/mol. The molecule has 0 aliphatic carbocycles. The third-order valence-electron chi connectivity index (χ3n) is 3.38. The van der Waals surface area contributed by atoms with E-state index >= 15 is 0 Å². The van der Waals surface area contributed by atoms with Gasteiger partial charge in [-0.1, -0.05) is 12.1 Å². The predicted molar refractivity (Wildman–Crippen MR) is 73.1 cm³/mol. The smallest absolute Gasteiger partial charge is 0.290 e. The molecule has 3 rings (SSSR count). The maximum absolute atomic E-state index is 12.4. The van der Waals surface area contributed by atoms with Crippen molar-refractivity contribution in [2.45, 2.75) is 32.2 Å². The molecule has 106 valence electrons. The summed E-state index contributed by atoms with van der Waals surface area (Å²) in [5.41, 5.74) is 0. The summed E-state index contributed by atoms with van der Waals surface area (Å²) in [6.45, 7) is 2.63. The van der Waals surface area contributed by atoms with E-state index < -0.39 is 0 Å². The Morgan fingerprint density at radius 3 is 3.05 bits per heavy atom. The van der Waals surface area contributed by atoms with Gasteiger partial charge in [0.1, 0.15) is 0 Å². The SMILES string of the molecule is CCc1nc([C@H]2CCCN2C(=O)c2ccc(Br)o2)no1. The van der Waals surface area contributed by atoms with Gasteiger partial charge in [0.25, 0.3) is 5.91 Å². The second-order valence-electron chi connectivity index (χ2n) is 4.66. The van der Waals surface area contributed by atoms with E-state index in [9.17, 15) is 4.79 Å². The molecule has 2 aromatic heterocycles. The topological polar surface area (TPSA) is 72.4 Å². The van der Waals surface area contributed by atoms with Crippen molar-refractivity contribution in [2.24, 2.45) is 0 Å². The minimum Gasteiger partial charge on any atom is -0.444 e. The van der Waals surface area contributed by atoms with E-state index in [2.05, 4.69) is 26.1 Å². The van der Waals surface area contributed by atoms with Gasteiger partial charge < -0.3 is 13.8 Å². The van der Waals surface area contributed by atoms with E-state index in [0.29, 0.717) is 35.1 Å². The lowest BCUT2D eigenvalue weighted by atomic mass is 10.2. The van der Waals surface area contributed by atoms with E-state index in [0.717, 1.165) is 12.8 Å². The molecule has 0 spiro atoms. The fourth-order valence-electron chi connectivity index (χ4n) is 2.40. The third-order valence-corrected chi connectivity index (χ3v) is 3.81. The normalized spacial score (nSPS) is 18.7. The largest absolute Gasteiger partial charge is 0.444 e. The molecule has 7 heteroatoms. The number of hydrogen-bond donors (Lipinski definition) is 0. The van der Waals surface area contributed by atoms with Crippen LogP contribution < -0.4 is 0 Å². The van der Waals surface area contributed by atoms with Gasteiger partial charge in [0.2, 0.25) is 5.89 Å². The number of hydrogen-bond acceptors (Lipinski definition) is 5. The van der Waals surface area contributed by atoms with Crippen LogP contribution in [0.2, 0.25) is 0 Å². The van der Waals surface area contributed by atoms with Gasteiger partial charge in [-0.3, -0.25) is 4.79 Å². The number of carbonyl (C=O) groups is 1. The number of nitrogens with zero attached hydrogens (tertiary/aromatic N) is 3. The zero-order chi connectivity index (χ0) is 14.1. The molecule has 3 heterocycles. The van der Waals surface area contributed by atoms with E-state index in [-0.39, 0.29) is 11.9 Å². The van der Waals surface area contributed by atoms with Gasteiger partial charge >= 0.3 is 0 Å². The molecule has 0 unspecified atom stereocenters. The first kappa shape index (κ1) is 13.4. The minimum absolute atomic E-state index is 0.129. The van der Waals surface area contributed by atoms with Crippen LogP contribution in [0.4, 0.5) is 0 Å². The lowest BCUT2D eigenvalue weighted by Gasteiger charge is -2.20. The Balaban J connectivity index is 1.83. The van der Waals surface area contributed by atoms with Gasteiger partial charge in [-0.25, -0.2) is 0 Å². The molecule has 0 aromatic carbocycles. The number of aromatic nitrogens is 2. The summed E-state index contributed by atoms with van der Waals surface area (Å²) in [4.78, 5) is 18.5. The van der Waals surface area contributed by atoms with Crippen molar-refractivity contribution in [1.82, 2.24) is 15.0 Å². The molecule has 1 fully saturated rings. The summed E-state index contributed by atoms with van der Waals surface area (Å²) in [7, 11) is 0. The van der Waals surface area contributed by atoms with Gasteiger partial charge in [0, 0.05) is 13.0 Å². The maximum atomic E-state index is 12.4. The van der Waals surface area contributed by atoms with Crippen LogP contribution in [-0.2, 0) is 6.42 Å². The molecule has 0 saturated carbocycles. The summed E-state index contributed by atoms with van der Waals surface area (Å²) >= 11 is 3.20. The van der Waals surface area contributed by atoms with E-state index in [4.69, 9.17) is 8.94 Å². The molecular weight excluding hydrogens is 326 g/mol. The molecular formula is C13H14BrN3O3. The van der Waals surface area contributed by atoms with Crippen LogP contribution in [0.5, 0.6) is 0 Å². The third kappa shape index (κ3) is 2.37. The fourth-order valence-corrected chi connectivity index (χ4v) is 2.70. The lowest BCUT2D eigenvalue weighted by Crippen LogP contribution is -2.30. The highest BCUT2D eigenvalue weighted by Gasteiger charge is 2.34. The van der Waals surface area contributed by atoms with E-state index in [1.54, 1.807) is 17.0 Å². The van der Waals surface area contributed by atoms with Crippen LogP contribution in [0.15, 0.2) is 25.7 Å². The molecule has 0 radical (unpaired) electrons. The summed E-state index contributed by atoms with van der Waals surface area (Å²) < 4.78 is 11.0. The van der Waals surface area contributed by atoms with Crippen molar-refractivity contribution >= 4 is 21.8 Å². The summed E-state index contributed by atoms with van der Waals surface area (Å²) in [5, 5.41) is 3.98. The Hall–Kier alpha value is -1.63. The highest BCUT2D eigenvalue weighted by atomic mass is 79.9. The first-order valence-electron chi connectivity index (χ1n) is 6.58. The zero-order valence-electron chi connectivity index (χ0n) is 11.0. The fraction of sp³-hybridized carbons (Fsp3) is 0.462. The Morgan fingerprint density at radius 1 is 1.55 bits per heavy atom. The Labute approximate surface area is 124 Å². The molecule has 2 aromatic rings. The first-order chi connectivity index (χ1) is 9.69. The molecule has 0 N–H and O–H groups in total. The van der Waals surface area contributed by atoms with Crippen molar-refractivity contribution < 1.29 is 13.7 Å². The quantitative estimate of drug-likeness (QED) is 0.859. The molecule has 20 heavy (non-hydrogen) atoms. The second-order valence-corrected chi connectivity index (χ2v) is 5.44. The van der Waals surface area contributed by atoms with Crippen molar-refractivity contribution in [3.05, 3.63) is 34.3 Å². The van der Waals surface area contributed by atoms with Gasteiger partial charge in [0.05, 0.1) is 6.04 Å². The molecule has 6 nitrogen and oxygen atoms in total. The highest BCUT2D eigenvalue weighted by Crippen LogP contribution is 2.32. The maximum Gasteiger partial charge on any atom is 0.290 e. The lowest BCUT2D eigenvalue weighted by molar-refractivity contribution is 0.0694. The van der Waals surface area contributed by atoms with E-state index in [1.807, 2.05) is 6.92 Å². The molecule has 1 amide bonds. The molecule has 1 saturated heterocycles. The molecule has 1 aliphatic rings. The van der Waals surface area contributed by atoms with Crippen LogP contribution in [0.25, 0.3) is 0 Å². The van der Waals surface area contributed by atoms with Crippen molar-refractivity contribution in [1.29, 1.82) is 0 Å². The number of rotatable bonds is 3. The summed E-state index contributed by atoms with van der Waals surface area (Å²) in [6, 6.07) is 3.24. The number of amides is 1. The van der Waals surface area contributed by atoms with Crippen LogP contribution in [0.1, 0.15) is 48.1 Å². The Bertz CT molecular complexity index is 622. The van der Waals surface area contributed by atoms with E-state index in [1.165, 1.54) is 0 Å². The zero-order valence-corrected chi connectivity index (χ0v) is 12.6. The number of carbonyl (C=O) groups excluding carboxylic acids is 1. The Kier molecular flexibility index (Phi) is 3.60. The molecule has 1 atom stereocenters. The number of aryl methyl sites for hydroxylation is 1. The van der Waals surface area contributed by atoms with Crippen LogP contribution >= 0.6 is 15.9 Å². The monoisotopic (exact) mass is 339 g/mol. The summed E-state index contributed by atoms with van der Waals surface area (Å²) in [6.07, 6.45) is 2.46. The van der Waals surface area contributed by atoms with Gasteiger partial charge in [-0.05, 0) is 40.9 Å². The second kappa shape index (κ2) is 5.40. The summed E-state index contributed by atoms with van der Waals surface area (Å²) in [5.74, 6) is 1.36. The average Bonchev–Trinajstić information content (AvgIpc) is 3.17. The van der Waals surface area contributed by atoms with Gasteiger partial charge in [-0.15, -0.1) is 0 Å². The Morgan fingerprint density at radius 2 is 2.40 bits per heavy atom. The van der Waals surface area contributed by atoms with Crippen LogP contribution in [0.3, 0.4) is 0 Å². The number of halogens is 1. The van der Waals surface area contributed by atoms with Gasteiger partial charge in [0.15, 0.2) is 16.3 Å². The van der Waals surface area contributed by atoms with Crippen LogP contribution in [0, 0.1) is 0 Å². The van der Waals surface area contributed by atoms with Gasteiger partial charge in [-0.2, -0.15) is 4.98 Å². The minimum atomic E-state index is -0.138. The predicted octanol–water partition coefficient (Wildman–Crippen LogP) is 2.96.